The molecule has 138 valence electrons. The van der Waals surface area contributed by atoms with E-state index >= 15 is 0 Å². The fourth-order valence-corrected chi connectivity index (χ4v) is 3.40. The second-order valence-electron chi connectivity index (χ2n) is 7.82. The van der Waals surface area contributed by atoms with Crippen LogP contribution in [0.4, 0.5) is 10.5 Å². The number of para-hydroxylation sites is 1. The molecule has 0 aliphatic carbocycles. The van der Waals surface area contributed by atoms with Crippen molar-refractivity contribution in [2.24, 2.45) is 0 Å². The Morgan fingerprint density at radius 2 is 1.76 bits per heavy atom. The van der Waals surface area contributed by atoms with Gasteiger partial charge in [-0.3, -0.25) is 9.69 Å². The summed E-state index contributed by atoms with van der Waals surface area (Å²) in [5, 5.41) is 0. The standard InChI is InChI=1S/C20H30N2O3/c1-14-10-9-11-15(2)17(14)21(6)18(23)16-12-7-8-13-22(16)19(24)25-20(3,4)5/h9-11,16H,7-8,12-13H2,1-6H3/t16-/m0/s1. The zero-order valence-electron chi connectivity index (χ0n) is 16.3. The maximum absolute atomic E-state index is 13.2. The third-order valence-electron chi connectivity index (χ3n) is 4.52. The number of rotatable bonds is 2. The van der Waals surface area contributed by atoms with Crippen molar-refractivity contribution in [2.45, 2.75) is 65.5 Å². The van der Waals surface area contributed by atoms with E-state index in [1.165, 1.54) is 0 Å². The summed E-state index contributed by atoms with van der Waals surface area (Å²) < 4.78 is 5.51. The summed E-state index contributed by atoms with van der Waals surface area (Å²) >= 11 is 0. The lowest BCUT2D eigenvalue weighted by Gasteiger charge is -2.38. The molecule has 5 nitrogen and oxygen atoms in total. The fraction of sp³-hybridized carbons (Fsp3) is 0.600. The number of piperidine rings is 1. The molecule has 1 aromatic carbocycles. The van der Waals surface area contributed by atoms with Crippen LogP contribution in [0.5, 0.6) is 0 Å². The molecule has 1 atom stereocenters. The van der Waals surface area contributed by atoms with Crippen LogP contribution in [-0.2, 0) is 9.53 Å². The van der Waals surface area contributed by atoms with Crippen molar-refractivity contribution in [2.75, 3.05) is 18.5 Å². The van der Waals surface area contributed by atoms with Gasteiger partial charge in [0.15, 0.2) is 0 Å². The Morgan fingerprint density at radius 1 is 1.16 bits per heavy atom. The Bertz CT molecular complexity index is 629. The molecule has 2 amide bonds. The Balaban J connectivity index is 2.24. The number of amides is 2. The van der Waals surface area contributed by atoms with Crippen LogP contribution in [0.15, 0.2) is 18.2 Å². The van der Waals surface area contributed by atoms with E-state index in [-0.39, 0.29) is 5.91 Å². The third kappa shape index (κ3) is 4.53. The number of hydrogen-bond donors (Lipinski definition) is 0. The first-order valence-corrected chi connectivity index (χ1v) is 8.95. The topological polar surface area (TPSA) is 49.9 Å². The van der Waals surface area contributed by atoms with Crippen molar-refractivity contribution in [1.29, 1.82) is 0 Å². The molecule has 0 saturated carbocycles. The smallest absolute Gasteiger partial charge is 0.410 e. The second-order valence-corrected chi connectivity index (χ2v) is 7.82. The Hall–Kier alpha value is -2.04. The summed E-state index contributed by atoms with van der Waals surface area (Å²) in [6.07, 6.45) is 2.11. The predicted octanol–water partition coefficient (Wildman–Crippen LogP) is 4.06. The van der Waals surface area contributed by atoms with Gasteiger partial charge in [-0.1, -0.05) is 18.2 Å². The molecule has 1 aromatic rings. The number of likely N-dealkylation sites (N-methyl/N-ethyl adjacent to an activating group) is 1. The maximum atomic E-state index is 13.2. The number of likely N-dealkylation sites (tertiary alicyclic amines) is 1. The molecule has 0 aromatic heterocycles. The number of carbonyl (C=O) groups is 2. The molecule has 0 N–H and O–H groups in total. The van der Waals surface area contributed by atoms with E-state index in [2.05, 4.69) is 0 Å². The maximum Gasteiger partial charge on any atom is 0.410 e. The van der Waals surface area contributed by atoms with Crippen molar-refractivity contribution in [3.8, 4) is 0 Å². The number of hydrogen-bond acceptors (Lipinski definition) is 3. The van der Waals surface area contributed by atoms with E-state index < -0.39 is 17.7 Å². The Labute approximate surface area is 150 Å². The van der Waals surface area contributed by atoms with Gasteiger partial charge in [0, 0.05) is 19.3 Å². The average Bonchev–Trinajstić information content (AvgIpc) is 2.52. The molecular weight excluding hydrogens is 316 g/mol. The van der Waals surface area contributed by atoms with Crippen LogP contribution in [0.25, 0.3) is 0 Å². The van der Waals surface area contributed by atoms with Crippen molar-refractivity contribution in [3.05, 3.63) is 29.3 Å². The second kappa shape index (κ2) is 7.46. The van der Waals surface area contributed by atoms with Crippen LogP contribution < -0.4 is 4.90 Å². The van der Waals surface area contributed by atoms with E-state index in [1.54, 1.807) is 16.8 Å². The number of aryl methyl sites for hydroxylation is 2. The molecule has 1 aliphatic rings. The van der Waals surface area contributed by atoms with Gasteiger partial charge >= 0.3 is 6.09 Å². The quantitative estimate of drug-likeness (QED) is 0.811. The molecule has 1 aliphatic heterocycles. The van der Waals surface area contributed by atoms with Crippen molar-refractivity contribution in [3.63, 3.8) is 0 Å². The molecule has 0 bridgehead atoms. The fourth-order valence-electron chi connectivity index (χ4n) is 3.40. The summed E-state index contributed by atoms with van der Waals surface area (Å²) in [5.74, 6) is -0.0528. The third-order valence-corrected chi connectivity index (χ3v) is 4.52. The molecule has 1 fully saturated rings. The number of ether oxygens (including phenoxy) is 1. The average molecular weight is 346 g/mol. The van der Waals surface area contributed by atoms with E-state index in [0.29, 0.717) is 13.0 Å². The van der Waals surface area contributed by atoms with Gasteiger partial charge in [-0.15, -0.1) is 0 Å². The zero-order valence-corrected chi connectivity index (χ0v) is 16.3. The number of nitrogens with zero attached hydrogens (tertiary/aromatic N) is 2. The summed E-state index contributed by atoms with van der Waals surface area (Å²) in [6, 6.07) is 5.52. The number of benzene rings is 1. The summed E-state index contributed by atoms with van der Waals surface area (Å²) in [5.41, 5.74) is 2.45. The molecule has 1 heterocycles. The minimum absolute atomic E-state index is 0.0528. The predicted molar refractivity (Wildman–Crippen MR) is 99.9 cm³/mol. The highest BCUT2D eigenvalue weighted by atomic mass is 16.6. The molecular formula is C20H30N2O3. The highest BCUT2D eigenvalue weighted by Crippen LogP contribution is 2.27. The summed E-state index contributed by atoms with van der Waals surface area (Å²) in [4.78, 5) is 29.0. The van der Waals surface area contributed by atoms with Gasteiger partial charge in [0.2, 0.25) is 5.91 Å². The molecule has 2 rings (SSSR count). The Kier molecular flexibility index (Phi) is 5.76. The van der Waals surface area contributed by atoms with Crippen molar-refractivity contribution < 1.29 is 14.3 Å². The van der Waals surface area contributed by atoms with Gasteiger partial charge in [-0.25, -0.2) is 4.79 Å². The van der Waals surface area contributed by atoms with Crippen molar-refractivity contribution >= 4 is 17.7 Å². The lowest BCUT2D eigenvalue weighted by atomic mass is 10.00. The van der Waals surface area contributed by atoms with Crippen molar-refractivity contribution in [1.82, 2.24) is 4.90 Å². The van der Waals surface area contributed by atoms with Gasteiger partial charge in [-0.2, -0.15) is 0 Å². The zero-order chi connectivity index (χ0) is 18.8. The molecule has 0 spiro atoms. The first-order chi connectivity index (χ1) is 11.6. The minimum Gasteiger partial charge on any atom is -0.444 e. The number of carbonyl (C=O) groups excluding carboxylic acids is 2. The molecule has 25 heavy (non-hydrogen) atoms. The van der Waals surface area contributed by atoms with Gasteiger partial charge in [-0.05, 0) is 65.0 Å². The van der Waals surface area contributed by atoms with Gasteiger partial charge < -0.3 is 9.64 Å². The van der Waals surface area contributed by atoms with Crippen LogP contribution in [0.1, 0.15) is 51.2 Å². The SMILES string of the molecule is Cc1cccc(C)c1N(C)C(=O)[C@@H]1CCCCN1C(=O)OC(C)(C)C. The molecule has 0 unspecified atom stereocenters. The van der Waals surface area contributed by atoms with Gasteiger partial charge in [0.25, 0.3) is 0 Å². The molecule has 1 saturated heterocycles. The minimum atomic E-state index is -0.569. The van der Waals surface area contributed by atoms with Crippen LogP contribution >= 0.6 is 0 Å². The van der Waals surface area contributed by atoms with E-state index in [0.717, 1.165) is 29.7 Å². The van der Waals surface area contributed by atoms with Crippen LogP contribution in [-0.4, -0.2) is 42.1 Å². The highest BCUT2D eigenvalue weighted by molar-refractivity contribution is 5.99. The lowest BCUT2D eigenvalue weighted by Crippen LogP contribution is -2.53. The van der Waals surface area contributed by atoms with E-state index in [9.17, 15) is 9.59 Å². The monoisotopic (exact) mass is 346 g/mol. The molecule has 0 radical (unpaired) electrons. The van der Waals surface area contributed by atoms with E-state index in [4.69, 9.17) is 4.74 Å². The lowest BCUT2D eigenvalue weighted by molar-refractivity contribution is -0.124. The van der Waals surface area contributed by atoms with Crippen LogP contribution in [0, 0.1) is 13.8 Å². The normalized spacial score (nSPS) is 18.0. The largest absolute Gasteiger partial charge is 0.444 e. The molecule has 5 heteroatoms. The summed E-state index contributed by atoms with van der Waals surface area (Å²) in [6.45, 7) is 10.1. The first-order valence-electron chi connectivity index (χ1n) is 8.95. The van der Waals surface area contributed by atoms with Crippen LogP contribution in [0.3, 0.4) is 0 Å². The van der Waals surface area contributed by atoms with Crippen LogP contribution in [0.2, 0.25) is 0 Å². The van der Waals surface area contributed by atoms with Gasteiger partial charge in [0.1, 0.15) is 11.6 Å². The first kappa shape index (κ1) is 19.3. The van der Waals surface area contributed by atoms with Gasteiger partial charge in [0.05, 0.1) is 0 Å². The number of anilines is 1. The highest BCUT2D eigenvalue weighted by Gasteiger charge is 2.36. The van der Waals surface area contributed by atoms with E-state index in [1.807, 2.05) is 52.8 Å². The Morgan fingerprint density at radius 3 is 2.32 bits per heavy atom. The summed E-state index contributed by atoms with van der Waals surface area (Å²) in [7, 11) is 1.79.